The van der Waals surface area contributed by atoms with E-state index in [2.05, 4.69) is 12.2 Å². The monoisotopic (exact) mass is 609 g/mol. The Labute approximate surface area is 259 Å². The molecule has 0 saturated heterocycles. The molecule has 1 atom stereocenters. The van der Waals surface area contributed by atoms with Gasteiger partial charge in [0.1, 0.15) is 5.75 Å². The lowest BCUT2D eigenvalue weighted by Crippen LogP contribution is -2.16. The van der Waals surface area contributed by atoms with Crippen molar-refractivity contribution in [3.63, 3.8) is 0 Å². The summed E-state index contributed by atoms with van der Waals surface area (Å²) < 4.78 is 33.4. The minimum atomic E-state index is -4.48. The van der Waals surface area contributed by atoms with Gasteiger partial charge in [-0.25, -0.2) is 0 Å². The highest BCUT2D eigenvalue weighted by atomic mass is 32.2. The number of unbranched alkanes of at least 4 members (excludes halogenated alkanes) is 14. The molecule has 0 bridgehead atoms. The predicted octanol–water partition coefficient (Wildman–Crippen LogP) is 10.4. The average molecular weight is 610 g/mol. The third-order valence-corrected chi connectivity index (χ3v) is 9.34. The fourth-order valence-corrected chi connectivity index (χ4v) is 6.35. The van der Waals surface area contributed by atoms with Crippen LogP contribution in [0.25, 0.3) is 10.8 Å². The van der Waals surface area contributed by atoms with Crippen LogP contribution in [0, 0.1) is 0 Å². The van der Waals surface area contributed by atoms with E-state index in [9.17, 15) is 22.9 Å². The number of benzene rings is 3. The molecular formula is C36H51NO5S. The van der Waals surface area contributed by atoms with Crippen LogP contribution in [0.4, 0.5) is 5.69 Å². The van der Waals surface area contributed by atoms with Gasteiger partial charge >= 0.3 is 0 Å². The average Bonchev–Trinajstić information content (AvgIpc) is 2.99. The minimum absolute atomic E-state index is 0.0170. The first kappa shape index (κ1) is 34.6. The predicted molar refractivity (Wildman–Crippen MR) is 178 cm³/mol. The zero-order valence-corrected chi connectivity index (χ0v) is 26.9. The summed E-state index contributed by atoms with van der Waals surface area (Å²) in [7, 11) is -4.48. The lowest BCUT2D eigenvalue weighted by molar-refractivity contribution is 0.102. The number of anilines is 1. The normalized spacial score (nSPS) is 12.4. The largest absolute Gasteiger partial charge is 0.505 e. The Morgan fingerprint density at radius 2 is 1.33 bits per heavy atom. The number of nitrogens with one attached hydrogen (secondary N) is 1. The number of rotatable bonds is 20. The molecule has 0 aromatic heterocycles. The Hall–Kier alpha value is -2.90. The number of carbonyl (C=O) groups excluding carboxylic acids is 1. The van der Waals surface area contributed by atoms with Gasteiger partial charge in [0, 0.05) is 10.9 Å². The van der Waals surface area contributed by atoms with Gasteiger partial charge in [0.2, 0.25) is 0 Å². The fraction of sp³-hybridized carbons (Fsp3) is 0.528. The second kappa shape index (κ2) is 18.0. The van der Waals surface area contributed by atoms with Crippen LogP contribution >= 0.6 is 0 Å². The first-order valence-electron chi connectivity index (χ1n) is 16.4. The number of carbonyl (C=O) groups is 1. The molecule has 0 spiro atoms. The summed E-state index contributed by atoms with van der Waals surface area (Å²) >= 11 is 0. The Bertz CT molecular complexity index is 1400. The second-order valence-corrected chi connectivity index (χ2v) is 13.4. The van der Waals surface area contributed by atoms with Gasteiger partial charge in [-0.1, -0.05) is 147 Å². The summed E-state index contributed by atoms with van der Waals surface area (Å²) in [6.45, 7) is 4.30. The summed E-state index contributed by atoms with van der Waals surface area (Å²) in [4.78, 5) is 13.1. The minimum Gasteiger partial charge on any atom is -0.505 e. The van der Waals surface area contributed by atoms with Crippen molar-refractivity contribution >= 4 is 32.5 Å². The lowest BCUT2D eigenvalue weighted by atomic mass is 9.90. The van der Waals surface area contributed by atoms with Crippen molar-refractivity contribution in [1.82, 2.24) is 0 Å². The molecule has 236 valence electrons. The second-order valence-electron chi connectivity index (χ2n) is 12.0. The van der Waals surface area contributed by atoms with Gasteiger partial charge in [0.25, 0.3) is 16.0 Å². The summed E-state index contributed by atoms with van der Waals surface area (Å²) in [5.74, 6) is -0.567. The third kappa shape index (κ3) is 11.3. The van der Waals surface area contributed by atoms with E-state index < -0.39 is 16.0 Å². The number of phenols is 1. The van der Waals surface area contributed by atoms with E-state index in [1.807, 2.05) is 19.1 Å². The molecule has 0 aliphatic heterocycles. The molecule has 3 aromatic rings. The molecule has 0 heterocycles. The van der Waals surface area contributed by atoms with Crippen molar-refractivity contribution in [2.24, 2.45) is 0 Å². The van der Waals surface area contributed by atoms with Gasteiger partial charge in [-0.05, 0) is 41.5 Å². The molecule has 0 fully saturated rings. The molecule has 43 heavy (non-hydrogen) atoms. The number of fused-ring (bicyclic) bond motifs is 1. The quantitative estimate of drug-likeness (QED) is 0.0671. The Morgan fingerprint density at radius 3 is 1.91 bits per heavy atom. The highest BCUT2D eigenvalue weighted by molar-refractivity contribution is 7.85. The van der Waals surface area contributed by atoms with Gasteiger partial charge in [-0.3, -0.25) is 9.35 Å². The van der Waals surface area contributed by atoms with Crippen LogP contribution in [-0.4, -0.2) is 24.0 Å². The maximum Gasteiger partial charge on any atom is 0.294 e. The summed E-state index contributed by atoms with van der Waals surface area (Å²) in [5.41, 5.74) is 1.13. The molecule has 1 amide bonds. The van der Waals surface area contributed by atoms with Crippen molar-refractivity contribution < 1.29 is 22.9 Å². The Morgan fingerprint density at radius 1 is 0.767 bits per heavy atom. The van der Waals surface area contributed by atoms with E-state index in [0.717, 1.165) is 30.2 Å². The molecule has 1 unspecified atom stereocenters. The SMILES string of the molecule is CCCCCCCCCCCCCCCCCC(C)c1ccc(S(=O)(=O)O)cc1C(=O)Nc1ccc2ccccc2c1O. The van der Waals surface area contributed by atoms with E-state index >= 15 is 0 Å². The number of phenolic OH excluding ortho intramolecular Hbond substituents is 1. The fourth-order valence-electron chi connectivity index (χ4n) is 5.85. The molecule has 3 rings (SSSR count). The van der Waals surface area contributed by atoms with Gasteiger partial charge in [-0.2, -0.15) is 8.42 Å². The van der Waals surface area contributed by atoms with E-state index in [1.54, 1.807) is 30.3 Å². The maximum atomic E-state index is 13.4. The number of hydrogen-bond donors (Lipinski definition) is 3. The smallest absolute Gasteiger partial charge is 0.294 e. The van der Waals surface area contributed by atoms with Crippen molar-refractivity contribution in [3.05, 3.63) is 65.7 Å². The molecule has 3 N–H and O–H groups in total. The van der Waals surface area contributed by atoms with Crippen LogP contribution in [0.1, 0.15) is 138 Å². The summed E-state index contributed by atoms with van der Waals surface area (Å²) in [6, 6.07) is 14.9. The standard InChI is InChI=1S/C36H51NO5S/c1-3-4-5-6-7-8-9-10-11-12-13-14-15-16-17-20-28(2)31-25-24-30(43(40,41)42)27-33(31)36(39)37-34-26-23-29-21-18-19-22-32(29)35(34)38/h18-19,21-28,38H,3-17,20H2,1-2H3,(H,37,39)(H,40,41,42). The molecule has 3 aromatic carbocycles. The van der Waals surface area contributed by atoms with Crippen LogP contribution in [0.3, 0.4) is 0 Å². The van der Waals surface area contributed by atoms with E-state index in [-0.39, 0.29) is 27.8 Å². The van der Waals surface area contributed by atoms with E-state index in [0.29, 0.717) is 5.39 Å². The first-order valence-corrected chi connectivity index (χ1v) is 17.8. The first-order chi connectivity index (χ1) is 20.7. The lowest BCUT2D eigenvalue weighted by Gasteiger charge is -2.18. The van der Waals surface area contributed by atoms with Crippen LogP contribution in [0.15, 0.2) is 59.5 Å². The van der Waals surface area contributed by atoms with Crippen molar-refractivity contribution in [1.29, 1.82) is 0 Å². The number of hydrogen-bond acceptors (Lipinski definition) is 4. The molecule has 0 aliphatic carbocycles. The summed E-state index contributed by atoms with van der Waals surface area (Å²) in [5, 5.41) is 15.0. The highest BCUT2D eigenvalue weighted by Crippen LogP contribution is 2.34. The van der Waals surface area contributed by atoms with Crippen LogP contribution in [0.2, 0.25) is 0 Å². The van der Waals surface area contributed by atoms with Crippen LogP contribution < -0.4 is 5.32 Å². The molecule has 7 heteroatoms. The van der Waals surface area contributed by atoms with E-state index in [4.69, 9.17) is 0 Å². The Balaban J connectivity index is 1.48. The van der Waals surface area contributed by atoms with Crippen molar-refractivity contribution in [2.75, 3.05) is 5.32 Å². The topological polar surface area (TPSA) is 104 Å². The molecule has 0 radical (unpaired) electrons. The zero-order valence-electron chi connectivity index (χ0n) is 26.1. The zero-order chi connectivity index (χ0) is 31.1. The number of amides is 1. The van der Waals surface area contributed by atoms with Crippen LogP contribution in [0.5, 0.6) is 5.75 Å². The highest BCUT2D eigenvalue weighted by Gasteiger charge is 2.21. The van der Waals surface area contributed by atoms with Crippen molar-refractivity contribution in [3.8, 4) is 5.75 Å². The third-order valence-electron chi connectivity index (χ3n) is 8.49. The van der Waals surface area contributed by atoms with E-state index in [1.165, 1.54) is 95.6 Å². The molecule has 0 aliphatic rings. The summed E-state index contributed by atoms with van der Waals surface area (Å²) in [6.07, 6.45) is 20.4. The Kier molecular flexibility index (Phi) is 14.5. The van der Waals surface area contributed by atoms with Crippen LogP contribution in [-0.2, 0) is 10.1 Å². The van der Waals surface area contributed by atoms with Gasteiger partial charge in [-0.15, -0.1) is 0 Å². The van der Waals surface area contributed by atoms with Gasteiger partial charge in [0.15, 0.2) is 0 Å². The number of aromatic hydroxyl groups is 1. The van der Waals surface area contributed by atoms with Gasteiger partial charge < -0.3 is 10.4 Å². The maximum absolute atomic E-state index is 13.4. The molecule has 6 nitrogen and oxygen atoms in total. The van der Waals surface area contributed by atoms with Gasteiger partial charge in [0.05, 0.1) is 10.6 Å². The van der Waals surface area contributed by atoms with Crippen molar-refractivity contribution in [2.45, 2.75) is 127 Å². The molecule has 0 saturated carbocycles. The molecular weight excluding hydrogens is 558 g/mol.